The highest BCUT2D eigenvalue weighted by atomic mass is 32.2. The number of hydrogen-bond donors (Lipinski definition) is 1. The molecule has 0 fully saturated rings. The van der Waals surface area contributed by atoms with Gasteiger partial charge in [-0.25, -0.2) is 4.98 Å². The number of rotatable bonds is 3. The quantitative estimate of drug-likeness (QED) is 0.727. The van der Waals surface area contributed by atoms with E-state index in [0.717, 1.165) is 10.6 Å². The van der Waals surface area contributed by atoms with Gasteiger partial charge in [0.2, 0.25) is 0 Å². The van der Waals surface area contributed by atoms with Gasteiger partial charge in [-0.1, -0.05) is 13.8 Å². The molecule has 0 aromatic carbocycles. The van der Waals surface area contributed by atoms with E-state index in [4.69, 9.17) is 5.73 Å². The van der Waals surface area contributed by atoms with E-state index >= 15 is 0 Å². The number of thioether (sulfide) groups is 1. The fourth-order valence-corrected chi connectivity index (χ4v) is 1.71. The van der Waals surface area contributed by atoms with Crippen LogP contribution in [-0.4, -0.2) is 10.2 Å². The minimum absolute atomic E-state index is 0.575. The Morgan fingerprint density at radius 1 is 1.58 bits per heavy atom. The zero-order valence-electron chi connectivity index (χ0n) is 7.45. The van der Waals surface area contributed by atoms with Gasteiger partial charge in [0.25, 0.3) is 0 Å². The number of hydrogen-bond acceptors (Lipinski definition) is 3. The summed E-state index contributed by atoms with van der Waals surface area (Å²) >= 11 is 1.76. The van der Waals surface area contributed by atoms with E-state index in [1.807, 2.05) is 18.3 Å². The summed E-state index contributed by atoms with van der Waals surface area (Å²) in [6.45, 7) is 4.90. The fraction of sp³-hybridized carbons (Fsp3) is 0.444. The molecule has 0 bridgehead atoms. The lowest BCUT2D eigenvalue weighted by atomic mass is 10.3. The van der Waals surface area contributed by atoms with Crippen molar-refractivity contribution in [3.63, 3.8) is 0 Å². The van der Waals surface area contributed by atoms with Crippen LogP contribution in [0.2, 0.25) is 0 Å². The lowest BCUT2D eigenvalue weighted by Crippen LogP contribution is -1.97. The molecule has 0 aliphatic carbocycles. The maximum Gasteiger partial charge on any atom is 0.0965 e. The van der Waals surface area contributed by atoms with E-state index in [1.54, 1.807) is 11.8 Å². The third-order valence-corrected chi connectivity index (χ3v) is 2.33. The predicted molar refractivity (Wildman–Crippen MR) is 53.1 cm³/mol. The smallest absolute Gasteiger partial charge is 0.0965 e. The van der Waals surface area contributed by atoms with Crippen LogP contribution >= 0.6 is 11.8 Å². The van der Waals surface area contributed by atoms with Crippen molar-refractivity contribution in [3.05, 3.63) is 23.9 Å². The van der Waals surface area contributed by atoms with E-state index in [9.17, 15) is 0 Å². The molecule has 0 saturated carbocycles. The molecule has 1 aromatic rings. The Hall–Kier alpha value is -0.540. The second-order valence-electron chi connectivity index (χ2n) is 2.87. The summed E-state index contributed by atoms with van der Waals surface area (Å²) < 4.78 is 0. The average molecular weight is 182 g/mol. The lowest BCUT2D eigenvalue weighted by Gasteiger charge is -2.04. The minimum atomic E-state index is 0.575. The highest BCUT2D eigenvalue weighted by Gasteiger charge is 1.99. The summed E-state index contributed by atoms with van der Waals surface area (Å²) in [6, 6.07) is 4.00. The minimum Gasteiger partial charge on any atom is -0.326 e. The molecule has 0 atom stereocenters. The summed E-state index contributed by atoms with van der Waals surface area (Å²) in [5.74, 6) is 0. The number of nitrogens with zero attached hydrogens (tertiary/aromatic N) is 1. The molecule has 2 N–H and O–H groups in total. The molecule has 0 aliphatic rings. The predicted octanol–water partition coefficient (Wildman–Crippen LogP) is 2.04. The first kappa shape index (κ1) is 9.55. The molecule has 0 unspecified atom stereocenters. The molecule has 0 amide bonds. The summed E-state index contributed by atoms with van der Waals surface area (Å²) in [6.07, 6.45) is 1.81. The van der Waals surface area contributed by atoms with Crippen LogP contribution in [0.25, 0.3) is 0 Å². The van der Waals surface area contributed by atoms with Crippen LogP contribution in [-0.2, 0) is 6.54 Å². The molecule has 0 spiro atoms. The van der Waals surface area contributed by atoms with Gasteiger partial charge < -0.3 is 5.73 Å². The van der Waals surface area contributed by atoms with E-state index in [0.29, 0.717) is 11.8 Å². The normalized spacial score (nSPS) is 10.7. The molecule has 66 valence electrons. The van der Waals surface area contributed by atoms with Crippen molar-refractivity contribution >= 4 is 11.8 Å². The van der Waals surface area contributed by atoms with Gasteiger partial charge in [-0.15, -0.1) is 11.8 Å². The SMILES string of the molecule is CC(C)Sc1cc(CN)ccn1. The summed E-state index contributed by atoms with van der Waals surface area (Å²) in [5.41, 5.74) is 6.66. The first-order chi connectivity index (χ1) is 5.72. The van der Waals surface area contributed by atoms with Crippen LogP contribution < -0.4 is 5.73 Å². The molecular formula is C9H14N2S. The molecule has 0 aliphatic heterocycles. The zero-order valence-corrected chi connectivity index (χ0v) is 8.27. The van der Waals surface area contributed by atoms with Gasteiger partial charge in [0.15, 0.2) is 0 Å². The van der Waals surface area contributed by atoms with Gasteiger partial charge in [-0.2, -0.15) is 0 Å². The van der Waals surface area contributed by atoms with Crippen molar-refractivity contribution in [2.45, 2.75) is 30.7 Å². The Morgan fingerprint density at radius 2 is 2.33 bits per heavy atom. The van der Waals surface area contributed by atoms with Crippen LogP contribution in [0, 0.1) is 0 Å². The van der Waals surface area contributed by atoms with Crippen LogP contribution in [0.1, 0.15) is 19.4 Å². The fourth-order valence-electron chi connectivity index (χ4n) is 0.883. The monoisotopic (exact) mass is 182 g/mol. The molecule has 1 aromatic heterocycles. The molecule has 12 heavy (non-hydrogen) atoms. The standard InChI is InChI=1S/C9H14N2S/c1-7(2)12-9-5-8(6-10)3-4-11-9/h3-5,7H,6,10H2,1-2H3. The van der Waals surface area contributed by atoms with Crippen molar-refractivity contribution in [1.82, 2.24) is 4.98 Å². The van der Waals surface area contributed by atoms with Gasteiger partial charge in [0.1, 0.15) is 0 Å². The highest BCUT2D eigenvalue weighted by molar-refractivity contribution is 7.99. The number of nitrogens with two attached hydrogens (primary N) is 1. The molecule has 0 radical (unpaired) electrons. The van der Waals surface area contributed by atoms with E-state index in [1.165, 1.54) is 0 Å². The van der Waals surface area contributed by atoms with Crippen molar-refractivity contribution < 1.29 is 0 Å². The summed E-state index contributed by atoms with van der Waals surface area (Å²) in [4.78, 5) is 4.23. The Morgan fingerprint density at radius 3 is 2.92 bits per heavy atom. The Labute approximate surface area is 77.6 Å². The van der Waals surface area contributed by atoms with Gasteiger partial charge in [0, 0.05) is 18.0 Å². The summed E-state index contributed by atoms with van der Waals surface area (Å²) in [5, 5.41) is 1.64. The van der Waals surface area contributed by atoms with Crippen LogP contribution in [0.15, 0.2) is 23.4 Å². The number of aromatic nitrogens is 1. The highest BCUT2D eigenvalue weighted by Crippen LogP contribution is 2.20. The second-order valence-corrected chi connectivity index (χ2v) is 4.47. The van der Waals surface area contributed by atoms with Gasteiger partial charge >= 0.3 is 0 Å². The second kappa shape index (κ2) is 4.48. The molecule has 1 rings (SSSR count). The molecule has 2 nitrogen and oxygen atoms in total. The Kier molecular flexibility index (Phi) is 3.56. The largest absolute Gasteiger partial charge is 0.326 e. The number of pyridine rings is 1. The Balaban J connectivity index is 2.72. The van der Waals surface area contributed by atoms with Crippen molar-refractivity contribution in [2.24, 2.45) is 5.73 Å². The maximum absolute atomic E-state index is 5.51. The molecular weight excluding hydrogens is 168 g/mol. The maximum atomic E-state index is 5.51. The summed E-state index contributed by atoms with van der Waals surface area (Å²) in [7, 11) is 0. The molecule has 3 heteroatoms. The van der Waals surface area contributed by atoms with Gasteiger partial charge in [-0.3, -0.25) is 0 Å². The van der Waals surface area contributed by atoms with Crippen molar-refractivity contribution in [3.8, 4) is 0 Å². The topological polar surface area (TPSA) is 38.9 Å². The van der Waals surface area contributed by atoms with Crippen LogP contribution in [0.5, 0.6) is 0 Å². The average Bonchev–Trinajstić information content (AvgIpc) is 2.03. The van der Waals surface area contributed by atoms with E-state index in [2.05, 4.69) is 18.8 Å². The Bertz CT molecular complexity index is 248. The van der Waals surface area contributed by atoms with E-state index in [-0.39, 0.29) is 0 Å². The first-order valence-electron chi connectivity index (χ1n) is 4.04. The third-order valence-electron chi connectivity index (χ3n) is 1.39. The molecule has 1 heterocycles. The lowest BCUT2D eigenvalue weighted by molar-refractivity contribution is 1.01. The zero-order chi connectivity index (χ0) is 8.97. The van der Waals surface area contributed by atoms with Crippen molar-refractivity contribution in [1.29, 1.82) is 0 Å². The van der Waals surface area contributed by atoms with Crippen LogP contribution in [0.3, 0.4) is 0 Å². The van der Waals surface area contributed by atoms with Crippen LogP contribution in [0.4, 0.5) is 0 Å². The van der Waals surface area contributed by atoms with E-state index < -0.39 is 0 Å². The van der Waals surface area contributed by atoms with Crippen molar-refractivity contribution in [2.75, 3.05) is 0 Å². The first-order valence-corrected chi connectivity index (χ1v) is 4.92. The van der Waals surface area contributed by atoms with Gasteiger partial charge in [-0.05, 0) is 17.7 Å². The third kappa shape index (κ3) is 2.83. The molecule has 0 saturated heterocycles. The van der Waals surface area contributed by atoms with Gasteiger partial charge in [0.05, 0.1) is 5.03 Å².